The molecule has 2 heterocycles. The fourth-order valence-electron chi connectivity index (χ4n) is 3.88. The van der Waals surface area contributed by atoms with Crippen LogP contribution in [0, 0.1) is 17.8 Å². The number of hydrogen-bond donors (Lipinski definition) is 1. The molecule has 24 heavy (non-hydrogen) atoms. The molecule has 0 amide bonds. The first-order valence-corrected chi connectivity index (χ1v) is 8.97. The lowest BCUT2D eigenvalue weighted by molar-refractivity contribution is -0.319. The minimum Gasteiger partial charge on any atom is -0.390 e. The molecule has 4 unspecified atom stereocenters. The number of hydrogen-bond acceptors (Lipinski definition) is 6. The smallest absolute Gasteiger partial charge is 0.163 e. The number of ether oxygens (including phenoxy) is 5. The second kappa shape index (κ2) is 8.43. The Hall–Kier alpha value is -0.240. The maximum atomic E-state index is 10.6. The molecule has 0 aromatic rings. The van der Waals surface area contributed by atoms with E-state index in [1.807, 2.05) is 13.8 Å². The Bertz CT molecular complexity index is 392. The largest absolute Gasteiger partial charge is 0.390 e. The van der Waals surface area contributed by atoms with Crippen LogP contribution in [0.2, 0.25) is 0 Å². The zero-order valence-corrected chi connectivity index (χ0v) is 16.0. The normalized spacial score (nSPS) is 50.0. The van der Waals surface area contributed by atoms with Crippen LogP contribution in [0.25, 0.3) is 0 Å². The van der Waals surface area contributed by atoms with E-state index in [4.69, 9.17) is 23.7 Å². The molecule has 0 aromatic carbocycles. The minimum absolute atomic E-state index is 0.0137. The Labute approximate surface area is 145 Å². The molecule has 6 heteroatoms. The van der Waals surface area contributed by atoms with E-state index in [0.29, 0.717) is 18.4 Å². The van der Waals surface area contributed by atoms with E-state index in [2.05, 4.69) is 20.8 Å². The van der Waals surface area contributed by atoms with Gasteiger partial charge in [-0.3, -0.25) is 0 Å². The first kappa shape index (κ1) is 20.1. The van der Waals surface area contributed by atoms with Crippen molar-refractivity contribution in [1.82, 2.24) is 0 Å². The molecule has 2 saturated heterocycles. The van der Waals surface area contributed by atoms with Crippen LogP contribution < -0.4 is 0 Å². The molecule has 0 saturated carbocycles. The topological polar surface area (TPSA) is 66.4 Å². The van der Waals surface area contributed by atoms with Crippen molar-refractivity contribution in [3.8, 4) is 0 Å². The zero-order chi connectivity index (χ0) is 18.0. The third-order valence-corrected chi connectivity index (χ3v) is 5.85. The Morgan fingerprint density at radius 3 is 2.08 bits per heavy atom. The Morgan fingerprint density at radius 2 is 1.50 bits per heavy atom. The summed E-state index contributed by atoms with van der Waals surface area (Å²) in [6.45, 7) is 10.8. The summed E-state index contributed by atoms with van der Waals surface area (Å²) in [6.07, 6.45) is -1.83. The van der Waals surface area contributed by atoms with E-state index in [1.165, 1.54) is 0 Å². The van der Waals surface area contributed by atoms with Crippen LogP contribution in [-0.4, -0.2) is 68.8 Å². The summed E-state index contributed by atoms with van der Waals surface area (Å²) in [5.74, 6) is 0.548. The number of methoxy groups -OCH3 is 2. The van der Waals surface area contributed by atoms with Crippen molar-refractivity contribution in [3.63, 3.8) is 0 Å². The molecule has 2 fully saturated rings. The molecule has 0 spiro atoms. The van der Waals surface area contributed by atoms with Gasteiger partial charge in [0.15, 0.2) is 6.29 Å². The molecule has 0 radical (unpaired) electrons. The lowest BCUT2D eigenvalue weighted by Gasteiger charge is -2.47. The highest BCUT2D eigenvalue weighted by Crippen LogP contribution is 2.36. The molecular formula is C18H34O6. The highest BCUT2D eigenvalue weighted by Gasteiger charge is 2.47. The van der Waals surface area contributed by atoms with E-state index in [1.54, 1.807) is 14.2 Å². The summed E-state index contributed by atoms with van der Waals surface area (Å²) < 4.78 is 29.0. The van der Waals surface area contributed by atoms with Crippen LogP contribution in [-0.2, 0) is 23.7 Å². The maximum absolute atomic E-state index is 10.6. The Kier molecular flexibility index (Phi) is 7.05. The van der Waals surface area contributed by atoms with Crippen molar-refractivity contribution in [3.05, 3.63) is 0 Å². The number of rotatable bonds is 5. The summed E-state index contributed by atoms with van der Waals surface area (Å²) in [5, 5.41) is 10.6. The predicted molar refractivity (Wildman–Crippen MR) is 89.7 cm³/mol. The third kappa shape index (κ3) is 3.94. The molecule has 10 atom stereocenters. The molecule has 2 aliphatic rings. The van der Waals surface area contributed by atoms with E-state index >= 15 is 0 Å². The van der Waals surface area contributed by atoms with Gasteiger partial charge in [-0.2, -0.15) is 0 Å². The van der Waals surface area contributed by atoms with Crippen LogP contribution in [0.1, 0.15) is 34.6 Å². The second-order valence-electron chi connectivity index (χ2n) is 7.41. The number of aliphatic hydroxyl groups excluding tert-OH is 1. The van der Waals surface area contributed by atoms with Crippen molar-refractivity contribution in [1.29, 1.82) is 0 Å². The fraction of sp³-hybridized carbons (Fsp3) is 1.00. The summed E-state index contributed by atoms with van der Waals surface area (Å²) in [5.41, 5.74) is 0. The number of aliphatic hydroxyl groups is 1. The molecule has 0 aliphatic carbocycles. The molecular weight excluding hydrogens is 312 g/mol. The zero-order valence-electron chi connectivity index (χ0n) is 16.0. The first-order valence-electron chi connectivity index (χ1n) is 8.97. The first-order chi connectivity index (χ1) is 11.3. The summed E-state index contributed by atoms with van der Waals surface area (Å²) in [7, 11) is 3.19. The molecule has 0 bridgehead atoms. The van der Waals surface area contributed by atoms with Gasteiger partial charge in [-0.05, 0) is 25.7 Å². The third-order valence-electron chi connectivity index (χ3n) is 5.85. The van der Waals surface area contributed by atoms with Crippen molar-refractivity contribution in [2.75, 3.05) is 20.8 Å². The molecule has 142 valence electrons. The van der Waals surface area contributed by atoms with Crippen LogP contribution in [0.4, 0.5) is 0 Å². The van der Waals surface area contributed by atoms with Crippen LogP contribution in [0.5, 0.6) is 0 Å². The molecule has 2 aliphatic heterocycles. The monoisotopic (exact) mass is 346 g/mol. The Balaban J connectivity index is 2.10. The van der Waals surface area contributed by atoms with Gasteiger partial charge in [0, 0.05) is 20.1 Å². The molecule has 2 rings (SSSR count). The molecule has 0 aromatic heterocycles. The van der Waals surface area contributed by atoms with Crippen LogP contribution >= 0.6 is 0 Å². The summed E-state index contributed by atoms with van der Waals surface area (Å²) >= 11 is 0. The van der Waals surface area contributed by atoms with Gasteiger partial charge in [0.25, 0.3) is 0 Å². The van der Waals surface area contributed by atoms with Crippen LogP contribution in [0.15, 0.2) is 0 Å². The van der Waals surface area contributed by atoms with Gasteiger partial charge < -0.3 is 28.8 Å². The van der Waals surface area contributed by atoms with Gasteiger partial charge in [0.05, 0.1) is 31.0 Å². The summed E-state index contributed by atoms with van der Waals surface area (Å²) in [4.78, 5) is 0. The van der Waals surface area contributed by atoms with E-state index in [9.17, 15) is 5.11 Å². The van der Waals surface area contributed by atoms with Gasteiger partial charge in [-0.15, -0.1) is 0 Å². The van der Waals surface area contributed by atoms with E-state index in [-0.39, 0.29) is 30.3 Å². The molecule has 6 nitrogen and oxygen atoms in total. The average Bonchev–Trinajstić information content (AvgIpc) is 2.54. The lowest BCUT2D eigenvalue weighted by atomic mass is 9.82. The van der Waals surface area contributed by atoms with Crippen molar-refractivity contribution in [2.45, 2.75) is 77.5 Å². The maximum Gasteiger partial charge on any atom is 0.163 e. The van der Waals surface area contributed by atoms with Gasteiger partial charge in [-0.1, -0.05) is 20.8 Å². The standard InChI is InChI=1S/C18H34O6/c1-9-10(2)16(13(5)22-12(9)4)24-18-11(3)15(19)17(21-7)14(23-18)8-20-6/h9-19H,8H2,1-7H3/t9?,10-,11?,12+,13?,14-,15?,16-,17-,18-/m1/s1. The highest BCUT2D eigenvalue weighted by atomic mass is 16.7. The van der Waals surface area contributed by atoms with Crippen molar-refractivity contribution >= 4 is 0 Å². The van der Waals surface area contributed by atoms with E-state index < -0.39 is 18.5 Å². The SMILES string of the molecule is COC[C@H]1O[C@H](O[C@H]2C(C)O[C@@H](C)C(C)[C@H]2C)C(C)C(O)[C@@H]1OC. The predicted octanol–water partition coefficient (Wildman–Crippen LogP) is 1.83. The minimum atomic E-state index is -0.666. The average molecular weight is 346 g/mol. The second-order valence-corrected chi connectivity index (χ2v) is 7.41. The van der Waals surface area contributed by atoms with Crippen molar-refractivity contribution < 1.29 is 28.8 Å². The highest BCUT2D eigenvalue weighted by molar-refractivity contribution is 4.91. The van der Waals surface area contributed by atoms with Gasteiger partial charge in [-0.25, -0.2) is 0 Å². The Morgan fingerprint density at radius 1 is 0.833 bits per heavy atom. The van der Waals surface area contributed by atoms with Gasteiger partial charge in [0.1, 0.15) is 12.2 Å². The quantitative estimate of drug-likeness (QED) is 0.819. The van der Waals surface area contributed by atoms with Gasteiger partial charge in [0.2, 0.25) is 0 Å². The molecule has 1 N–H and O–H groups in total. The van der Waals surface area contributed by atoms with Crippen LogP contribution in [0.3, 0.4) is 0 Å². The van der Waals surface area contributed by atoms with E-state index in [0.717, 1.165) is 0 Å². The summed E-state index contributed by atoms with van der Waals surface area (Å²) in [6, 6.07) is 0. The fourth-order valence-corrected chi connectivity index (χ4v) is 3.88. The lowest BCUT2D eigenvalue weighted by Crippen LogP contribution is -2.58. The van der Waals surface area contributed by atoms with Gasteiger partial charge >= 0.3 is 0 Å². The van der Waals surface area contributed by atoms with Crippen molar-refractivity contribution in [2.24, 2.45) is 17.8 Å².